The van der Waals surface area contributed by atoms with Crippen molar-refractivity contribution in [1.29, 1.82) is 0 Å². The lowest BCUT2D eigenvalue weighted by Gasteiger charge is -2.12. The third kappa shape index (κ3) is 3.70. The van der Waals surface area contributed by atoms with Crippen LogP contribution in [-0.4, -0.2) is 17.0 Å². The fourth-order valence-electron chi connectivity index (χ4n) is 2.55. The zero-order chi connectivity index (χ0) is 18.7. The van der Waals surface area contributed by atoms with E-state index in [1.165, 1.54) is 30.3 Å². The van der Waals surface area contributed by atoms with Gasteiger partial charge < -0.3 is 16.2 Å². The van der Waals surface area contributed by atoms with Crippen LogP contribution in [0, 0.1) is 5.82 Å². The molecule has 4 N–H and O–H groups in total. The number of carbonyl (C=O) groups is 2. The molecule has 0 aliphatic carbocycles. The molecule has 130 valence electrons. The van der Waals surface area contributed by atoms with Crippen molar-refractivity contribution in [1.82, 2.24) is 0 Å². The quantitative estimate of drug-likeness (QED) is 0.648. The first kappa shape index (κ1) is 17.2. The Kier molecular flexibility index (Phi) is 4.66. The molecular weight excluding hydrogens is 335 g/mol. The number of amides is 1. The molecule has 3 aromatic carbocycles. The summed E-state index contributed by atoms with van der Waals surface area (Å²) in [5.74, 6) is -2.02. The molecule has 0 saturated heterocycles. The summed E-state index contributed by atoms with van der Waals surface area (Å²) < 4.78 is 13.1. The Morgan fingerprint density at radius 1 is 0.923 bits per heavy atom. The first-order chi connectivity index (χ1) is 12.4. The Labute approximate surface area is 148 Å². The summed E-state index contributed by atoms with van der Waals surface area (Å²) in [6, 6.07) is 17.1. The van der Waals surface area contributed by atoms with Crippen molar-refractivity contribution in [2.75, 3.05) is 5.32 Å². The third-order valence-electron chi connectivity index (χ3n) is 3.85. The van der Waals surface area contributed by atoms with Gasteiger partial charge in [0.2, 0.25) is 5.91 Å². The molecule has 1 amide bonds. The molecule has 0 fully saturated rings. The second-order valence-corrected chi connectivity index (χ2v) is 5.64. The second-order valence-electron chi connectivity index (χ2n) is 5.64. The highest BCUT2D eigenvalue weighted by Crippen LogP contribution is 2.29. The average molecular weight is 350 g/mol. The number of hydrogen-bond donors (Lipinski definition) is 3. The molecule has 5 nitrogen and oxygen atoms in total. The number of primary amides is 1. The van der Waals surface area contributed by atoms with Crippen LogP contribution in [-0.2, 0) is 0 Å². The molecule has 0 unspecified atom stereocenters. The van der Waals surface area contributed by atoms with E-state index < -0.39 is 11.9 Å². The van der Waals surface area contributed by atoms with Crippen LogP contribution >= 0.6 is 0 Å². The maximum absolute atomic E-state index is 13.1. The predicted molar refractivity (Wildman–Crippen MR) is 97.0 cm³/mol. The van der Waals surface area contributed by atoms with Crippen molar-refractivity contribution in [3.8, 4) is 11.1 Å². The summed E-state index contributed by atoms with van der Waals surface area (Å²) in [4.78, 5) is 22.9. The first-order valence-corrected chi connectivity index (χ1v) is 7.74. The second kappa shape index (κ2) is 7.06. The zero-order valence-electron chi connectivity index (χ0n) is 13.6. The Bertz CT molecular complexity index is 985. The van der Waals surface area contributed by atoms with Gasteiger partial charge in [-0.05, 0) is 59.7 Å². The Balaban J connectivity index is 2.03. The largest absolute Gasteiger partial charge is 0.478 e. The molecule has 0 atom stereocenters. The first-order valence-electron chi connectivity index (χ1n) is 7.74. The van der Waals surface area contributed by atoms with Crippen LogP contribution in [0.25, 0.3) is 11.1 Å². The number of carboxylic acids is 1. The van der Waals surface area contributed by atoms with Gasteiger partial charge in [0.05, 0.1) is 11.3 Å². The number of halogens is 1. The number of benzene rings is 3. The predicted octanol–water partition coefficient (Wildman–Crippen LogP) is 4.03. The van der Waals surface area contributed by atoms with Crippen molar-refractivity contribution in [3.05, 3.63) is 83.7 Å². The highest BCUT2D eigenvalue weighted by molar-refractivity contribution is 5.97. The highest BCUT2D eigenvalue weighted by atomic mass is 19.1. The summed E-state index contributed by atoms with van der Waals surface area (Å²) in [5, 5.41) is 12.4. The lowest BCUT2D eigenvalue weighted by atomic mass is 10.00. The van der Waals surface area contributed by atoms with E-state index in [2.05, 4.69) is 5.32 Å². The molecule has 0 saturated carbocycles. The number of nitrogens with two attached hydrogens (primary N) is 1. The fraction of sp³-hybridized carbons (Fsp3) is 0. The summed E-state index contributed by atoms with van der Waals surface area (Å²) in [7, 11) is 0. The molecule has 0 aliphatic rings. The number of carbonyl (C=O) groups excluding carboxylic acids is 1. The zero-order valence-corrected chi connectivity index (χ0v) is 13.6. The number of carboxylic acid groups (broad SMARTS) is 1. The molecule has 0 aromatic heterocycles. The maximum atomic E-state index is 13.1. The smallest absolute Gasteiger partial charge is 0.337 e. The van der Waals surface area contributed by atoms with E-state index in [-0.39, 0.29) is 11.4 Å². The summed E-state index contributed by atoms with van der Waals surface area (Å²) in [5.41, 5.74) is 8.08. The van der Waals surface area contributed by atoms with Crippen molar-refractivity contribution in [2.45, 2.75) is 0 Å². The minimum atomic E-state index is -1.09. The molecule has 0 aliphatic heterocycles. The van der Waals surface area contributed by atoms with Gasteiger partial charge in [0.25, 0.3) is 0 Å². The fourth-order valence-corrected chi connectivity index (χ4v) is 2.55. The molecule has 0 heterocycles. The molecule has 0 spiro atoms. The van der Waals surface area contributed by atoms with Crippen molar-refractivity contribution in [2.24, 2.45) is 5.73 Å². The van der Waals surface area contributed by atoms with Crippen LogP contribution in [0.2, 0.25) is 0 Å². The van der Waals surface area contributed by atoms with Gasteiger partial charge in [-0.25, -0.2) is 9.18 Å². The molecule has 0 radical (unpaired) electrons. The molecule has 0 bridgehead atoms. The lowest BCUT2D eigenvalue weighted by Crippen LogP contribution is -2.10. The molecule has 3 rings (SSSR count). The van der Waals surface area contributed by atoms with Crippen LogP contribution in [0.5, 0.6) is 0 Å². The lowest BCUT2D eigenvalue weighted by molar-refractivity contribution is 0.0697. The average Bonchev–Trinajstić information content (AvgIpc) is 2.63. The van der Waals surface area contributed by atoms with E-state index in [1.807, 2.05) is 0 Å². The van der Waals surface area contributed by atoms with E-state index in [0.29, 0.717) is 22.5 Å². The van der Waals surface area contributed by atoms with Crippen molar-refractivity contribution < 1.29 is 19.1 Å². The standard InChI is InChI=1S/C20H15FN2O3/c21-15-5-7-16(8-6-15)23-18-11-13(4-9-17(18)20(25)26)12-2-1-3-14(10-12)19(22)24/h1-11,23H,(H2,22,24)(H,25,26). The van der Waals surface area contributed by atoms with Gasteiger partial charge in [0.1, 0.15) is 5.82 Å². The normalized spacial score (nSPS) is 10.3. The number of nitrogens with one attached hydrogen (secondary N) is 1. The molecule has 3 aromatic rings. The van der Waals surface area contributed by atoms with Gasteiger partial charge in [-0.15, -0.1) is 0 Å². The number of aromatic carboxylic acids is 1. The van der Waals surface area contributed by atoms with Crippen LogP contribution in [0.4, 0.5) is 15.8 Å². The molecule has 26 heavy (non-hydrogen) atoms. The summed E-state index contributed by atoms with van der Waals surface area (Å²) >= 11 is 0. The monoisotopic (exact) mass is 350 g/mol. The third-order valence-corrected chi connectivity index (χ3v) is 3.85. The maximum Gasteiger partial charge on any atom is 0.337 e. The minimum absolute atomic E-state index is 0.0733. The van der Waals surface area contributed by atoms with Crippen molar-refractivity contribution >= 4 is 23.3 Å². The summed E-state index contributed by atoms with van der Waals surface area (Å²) in [6.45, 7) is 0. The number of hydrogen-bond acceptors (Lipinski definition) is 3. The van der Waals surface area contributed by atoms with Crippen LogP contribution < -0.4 is 11.1 Å². The topological polar surface area (TPSA) is 92.4 Å². The van der Waals surface area contributed by atoms with Gasteiger partial charge in [0, 0.05) is 11.3 Å². The van der Waals surface area contributed by atoms with E-state index >= 15 is 0 Å². The van der Waals surface area contributed by atoms with Gasteiger partial charge >= 0.3 is 5.97 Å². The molecule has 6 heteroatoms. The van der Waals surface area contributed by atoms with Gasteiger partial charge in [0.15, 0.2) is 0 Å². The Morgan fingerprint density at radius 3 is 2.27 bits per heavy atom. The minimum Gasteiger partial charge on any atom is -0.478 e. The highest BCUT2D eigenvalue weighted by Gasteiger charge is 2.13. The van der Waals surface area contributed by atoms with Crippen molar-refractivity contribution in [3.63, 3.8) is 0 Å². The molecular formula is C20H15FN2O3. The SMILES string of the molecule is NC(=O)c1cccc(-c2ccc(C(=O)O)c(Nc3ccc(F)cc3)c2)c1. The van der Waals surface area contributed by atoms with E-state index in [0.717, 1.165) is 5.56 Å². The number of anilines is 2. The Morgan fingerprint density at radius 2 is 1.62 bits per heavy atom. The van der Waals surface area contributed by atoms with Crippen LogP contribution in [0.3, 0.4) is 0 Å². The van der Waals surface area contributed by atoms with Gasteiger partial charge in [-0.1, -0.05) is 18.2 Å². The van der Waals surface area contributed by atoms with Crippen LogP contribution in [0.15, 0.2) is 66.7 Å². The van der Waals surface area contributed by atoms with E-state index in [4.69, 9.17) is 5.73 Å². The summed E-state index contributed by atoms with van der Waals surface area (Å²) in [6.07, 6.45) is 0. The Hall–Kier alpha value is -3.67. The van der Waals surface area contributed by atoms with Gasteiger partial charge in [-0.3, -0.25) is 4.79 Å². The number of rotatable bonds is 5. The van der Waals surface area contributed by atoms with Gasteiger partial charge in [-0.2, -0.15) is 0 Å². The van der Waals surface area contributed by atoms with Crippen LogP contribution in [0.1, 0.15) is 20.7 Å². The van der Waals surface area contributed by atoms with E-state index in [9.17, 15) is 19.1 Å². The van der Waals surface area contributed by atoms with E-state index in [1.54, 1.807) is 36.4 Å².